The molecular weight excluding hydrogens is 273 g/mol. The van der Waals surface area contributed by atoms with Gasteiger partial charge in [-0.25, -0.2) is 9.18 Å². The van der Waals surface area contributed by atoms with Crippen molar-refractivity contribution in [1.29, 1.82) is 5.26 Å². The second-order valence-electron chi connectivity index (χ2n) is 3.76. The van der Waals surface area contributed by atoms with Crippen LogP contribution in [0, 0.1) is 17.1 Å². The molecule has 5 nitrogen and oxygen atoms in total. The van der Waals surface area contributed by atoms with E-state index < -0.39 is 17.1 Å². The van der Waals surface area contributed by atoms with Crippen LogP contribution in [-0.4, -0.2) is 9.55 Å². The summed E-state index contributed by atoms with van der Waals surface area (Å²) >= 11 is 5.53. The first-order valence-corrected chi connectivity index (χ1v) is 5.57. The Morgan fingerprint density at radius 2 is 2.11 bits per heavy atom. The van der Waals surface area contributed by atoms with Gasteiger partial charge in [-0.2, -0.15) is 5.26 Å². The lowest BCUT2D eigenvalue weighted by molar-refractivity contribution is 0.620. The van der Waals surface area contributed by atoms with E-state index in [0.29, 0.717) is 0 Å². The van der Waals surface area contributed by atoms with Crippen molar-refractivity contribution < 1.29 is 4.39 Å². The molecule has 1 N–H and O–H groups in total. The summed E-state index contributed by atoms with van der Waals surface area (Å²) in [5.41, 5.74) is -0.896. The van der Waals surface area contributed by atoms with E-state index in [-0.39, 0.29) is 22.8 Å². The fraction of sp³-hybridized carbons (Fsp3) is 0.0833. The van der Waals surface area contributed by atoms with E-state index in [0.717, 1.165) is 22.8 Å². The highest BCUT2D eigenvalue weighted by atomic mass is 35.5. The monoisotopic (exact) mass is 279 g/mol. The third-order valence-electron chi connectivity index (χ3n) is 2.50. The SMILES string of the molecule is N#Cc1ccc(F)cc1Cn1c(=O)cc(Cl)[nH]c1=O. The number of benzene rings is 1. The van der Waals surface area contributed by atoms with Gasteiger partial charge >= 0.3 is 5.69 Å². The summed E-state index contributed by atoms with van der Waals surface area (Å²) in [7, 11) is 0. The molecule has 1 aromatic carbocycles. The zero-order chi connectivity index (χ0) is 14.0. The predicted molar refractivity (Wildman–Crippen MR) is 66.5 cm³/mol. The number of hydrogen-bond acceptors (Lipinski definition) is 3. The summed E-state index contributed by atoms with van der Waals surface area (Å²) in [5.74, 6) is -0.549. The number of nitrogens with one attached hydrogen (secondary N) is 1. The van der Waals surface area contributed by atoms with Crippen molar-refractivity contribution in [2.75, 3.05) is 0 Å². The molecule has 0 aliphatic rings. The molecule has 0 spiro atoms. The fourth-order valence-corrected chi connectivity index (χ4v) is 1.79. The van der Waals surface area contributed by atoms with Crippen molar-refractivity contribution >= 4 is 11.6 Å². The third-order valence-corrected chi connectivity index (χ3v) is 2.71. The zero-order valence-electron chi connectivity index (χ0n) is 9.48. The van der Waals surface area contributed by atoms with Gasteiger partial charge in [0.2, 0.25) is 0 Å². The summed E-state index contributed by atoms with van der Waals surface area (Å²) in [6, 6.07) is 6.45. The highest BCUT2D eigenvalue weighted by Crippen LogP contribution is 2.11. The average Bonchev–Trinajstić information content (AvgIpc) is 2.34. The Balaban J connectivity index is 2.54. The lowest BCUT2D eigenvalue weighted by Gasteiger charge is -2.06. The molecule has 19 heavy (non-hydrogen) atoms. The smallest absolute Gasteiger partial charge is 0.298 e. The Labute approximate surface area is 111 Å². The maximum Gasteiger partial charge on any atom is 0.329 e. The van der Waals surface area contributed by atoms with Crippen LogP contribution in [0.15, 0.2) is 33.9 Å². The molecule has 96 valence electrons. The molecule has 0 aliphatic carbocycles. The van der Waals surface area contributed by atoms with Crippen molar-refractivity contribution in [3.8, 4) is 6.07 Å². The van der Waals surface area contributed by atoms with Gasteiger partial charge < -0.3 is 0 Å². The van der Waals surface area contributed by atoms with Crippen LogP contribution in [0.5, 0.6) is 0 Å². The largest absolute Gasteiger partial charge is 0.329 e. The van der Waals surface area contributed by atoms with Crippen LogP contribution in [0.3, 0.4) is 0 Å². The molecule has 0 saturated carbocycles. The minimum atomic E-state index is -0.717. The van der Waals surface area contributed by atoms with Gasteiger partial charge in [-0.15, -0.1) is 0 Å². The first-order valence-electron chi connectivity index (χ1n) is 5.19. The van der Waals surface area contributed by atoms with Crippen molar-refractivity contribution in [2.45, 2.75) is 6.54 Å². The molecule has 0 saturated heterocycles. The number of H-pyrrole nitrogens is 1. The van der Waals surface area contributed by atoms with Crippen molar-refractivity contribution in [2.24, 2.45) is 0 Å². The number of nitriles is 1. The molecule has 0 atom stereocenters. The number of aromatic nitrogens is 2. The number of nitrogens with zero attached hydrogens (tertiary/aromatic N) is 2. The Kier molecular flexibility index (Phi) is 3.49. The van der Waals surface area contributed by atoms with Crippen LogP contribution >= 0.6 is 11.6 Å². The number of rotatable bonds is 2. The van der Waals surface area contributed by atoms with Crippen LogP contribution in [0.2, 0.25) is 5.15 Å². The minimum Gasteiger partial charge on any atom is -0.298 e. The normalized spacial score (nSPS) is 10.2. The van der Waals surface area contributed by atoms with E-state index in [1.165, 1.54) is 6.07 Å². The standard InChI is InChI=1S/C12H7ClFN3O2/c13-10-4-11(18)17(12(19)16-10)6-8-3-9(14)2-1-7(8)5-15/h1-4H,6H2,(H,16,19). The molecular formula is C12H7ClFN3O2. The molecule has 1 heterocycles. The topological polar surface area (TPSA) is 78.7 Å². The molecule has 0 fully saturated rings. The predicted octanol–water partition coefficient (Wildman–Crippen LogP) is 1.25. The Morgan fingerprint density at radius 1 is 1.37 bits per heavy atom. The molecule has 2 rings (SSSR count). The van der Waals surface area contributed by atoms with E-state index in [1.807, 2.05) is 6.07 Å². The third kappa shape index (κ3) is 2.72. The molecule has 7 heteroatoms. The van der Waals surface area contributed by atoms with Crippen LogP contribution < -0.4 is 11.2 Å². The lowest BCUT2D eigenvalue weighted by atomic mass is 10.1. The van der Waals surface area contributed by atoms with Crippen LogP contribution in [0.4, 0.5) is 4.39 Å². The van der Waals surface area contributed by atoms with Gasteiger partial charge in [0.25, 0.3) is 5.56 Å². The average molecular weight is 280 g/mol. The van der Waals surface area contributed by atoms with Crippen LogP contribution in [-0.2, 0) is 6.54 Å². The summed E-state index contributed by atoms with van der Waals surface area (Å²) in [6.45, 7) is -0.202. The van der Waals surface area contributed by atoms with Crippen molar-refractivity contribution in [3.05, 3.63) is 67.2 Å². The van der Waals surface area contributed by atoms with E-state index >= 15 is 0 Å². The first-order chi connectivity index (χ1) is 9.01. The second-order valence-corrected chi connectivity index (χ2v) is 4.17. The molecule has 0 radical (unpaired) electrons. The lowest BCUT2D eigenvalue weighted by Crippen LogP contribution is -2.35. The zero-order valence-corrected chi connectivity index (χ0v) is 10.2. The van der Waals surface area contributed by atoms with Gasteiger partial charge in [-0.1, -0.05) is 11.6 Å². The summed E-state index contributed by atoms with van der Waals surface area (Å²) in [5, 5.41) is 8.83. The Bertz CT molecular complexity index is 758. The van der Waals surface area contributed by atoms with Gasteiger partial charge in [-0.05, 0) is 23.8 Å². The maximum absolute atomic E-state index is 13.1. The summed E-state index contributed by atoms with van der Waals surface area (Å²) in [4.78, 5) is 25.5. The molecule has 2 aromatic rings. The van der Waals surface area contributed by atoms with Crippen molar-refractivity contribution in [3.63, 3.8) is 0 Å². The second kappa shape index (κ2) is 5.08. The van der Waals surface area contributed by atoms with E-state index in [4.69, 9.17) is 16.9 Å². The Hall–Kier alpha value is -2.39. The maximum atomic E-state index is 13.1. The quantitative estimate of drug-likeness (QED) is 0.840. The summed E-state index contributed by atoms with van der Waals surface area (Å²) in [6.07, 6.45) is 0. The van der Waals surface area contributed by atoms with Crippen LogP contribution in [0.1, 0.15) is 11.1 Å². The highest BCUT2D eigenvalue weighted by Gasteiger charge is 2.09. The summed E-state index contributed by atoms with van der Waals surface area (Å²) < 4.78 is 14.0. The highest BCUT2D eigenvalue weighted by molar-refractivity contribution is 6.29. The van der Waals surface area contributed by atoms with E-state index in [1.54, 1.807) is 0 Å². The molecule has 0 unspecified atom stereocenters. The Morgan fingerprint density at radius 3 is 2.74 bits per heavy atom. The number of hydrogen-bond donors (Lipinski definition) is 1. The van der Waals surface area contributed by atoms with Gasteiger partial charge in [0.1, 0.15) is 11.0 Å². The molecule has 1 aromatic heterocycles. The van der Waals surface area contributed by atoms with Gasteiger partial charge in [0.15, 0.2) is 0 Å². The van der Waals surface area contributed by atoms with Gasteiger partial charge in [0, 0.05) is 6.07 Å². The van der Waals surface area contributed by atoms with Gasteiger partial charge in [0.05, 0.1) is 18.2 Å². The van der Waals surface area contributed by atoms with E-state index in [2.05, 4.69) is 4.98 Å². The first kappa shape index (κ1) is 13.1. The van der Waals surface area contributed by atoms with Gasteiger partial charge in [-0.3, -0.25) is 14.3 Å². The molecule has 0 bridgehead atoms. The van der Waals surface area contributed by atoms with Crippen molar-refractivity contribution in [1.82, 2.24) is 9.55 Å². The van der Waals surface area contributed by atoms with Crippen LogP contribution in [0.25, 0.3) is 0 Å². The molecule has 0 aliphatic heterocycles. The number of aromatic amines is 1. The molecule has 0 amide bonds. The van der Waals surface area contributed by atoms with E-state index in [9.17, 15) is 14.0 Å². The number of halogens is 2. The minimum absolute atomic E-state index is 0.0778. The fourth-order valence-electron chi connectivity index (χ4n) is 1.61.